The minimum Gasteiger partial charge on any atom is -0.343 e. The van der Waals surface area contributed by atoms with Gasteiger partial charge >= 0.3 is 6.18 Å². The Balaban J connectivity index is 1.33. The van der Waals surface area contributed by atoms with Gasteiger partial charge in [0.15, 0.2) is 5.82 Å². The minimum absolute atomic E-state index is 0.0522. The van der Waals surface area contributed by atoms with Crippen LogP contribution in [0, 0.1) is 0 Å². The first-order valence-electron chi connectivity index (χ1n) is 9.89. The molecular weight excluding hydrogens is 425 g/mol. The number of hydrogen-bond acceptors (Lipinski definition) is 5. The molecule has 1 N–H and O–H groups in total. The monoisotopic (exact) mass is 444 g/mol. The summed E-state index contributed by atoms with van der Waals surface area (Å²) in [4.78, 5) is 30.3. The van der Waals surface area contributed by atoms with Gasteiger partial charge < -0.3 is 14.7 Å². The van der Waals surface area contributed by atoms with Crippen molar-refractivity contribution in [2.75, 3.05) is 6.54 Å². The Morgan fingerprint density at radius 3 is 2.53 bits per heavy atom. The largest absolute Gasteiger partial charge is 0.416 e. The topological polar surface area (TPSA) is 88.3 Å². The van der Waals surface area contributed by atoms with Gasteiger partial charge in [0, 0.05) is 31.0 Å². The molecule has 0 bridgehead atoms. The Labute approximate surface area is 181 Å². The molecule has 7 nitrogen and oxygen atoms in total. The molecule has 1 atom stereocenters. The normalized spacial score (nSPS) is 16.4. The lowest BCUT2D eigenvalue weighted by Gasteiger charge is -2.16. The molecule has 0 saturated carbocycles. The second-order valence-electron chi connectivity index (χ2n) is 7.47. The Kier molecular flexibility index (Phi) is 5.93. The maximum Gasteiger partial charge on any atom is 0.416 e. The molecule has 2 heterocycles. The average molecular weight is 444 g/mol. The number of halogens is 3. The first kappa shape index (κ1) is 21.5. The van der Waals surface area contributed by atoms with E-state index in [1.165, 1.54) is 12.1 Å². The first-order chi connectivity index (χ1) is 15.3. The molecule has 4 rings (SSSR count). The number of benzene rings is 2. The highest BCUT2D eigenvalue weighted by molar-refractivity contribution is 5.93. The lowest BCUT2D eigenvalue weighted by molar-refractivity contribution is -0.137. The minimum atomic E-state index is -4.40. The number of nitrogens with zero attached hydrogens (tertiary/aromatic N) is 3. The van der Waals surface area contributed by atoms with Crippen LogP contribution in [0.25, 0.3) is 0 Å². The van der Waals surface area contributed by atoms with Crippen LogP contribution < -0.4 is 5.32 Å². The number of aromatic nitrogens is 2. The Hall–Kier alpha value is -3.69. The number of carbonyl (C=O) groups is 2. The van der Waals surface area contributed by atoms with Gasteiger partial charge in [-0.3, -0.25) is 9.59 Å². The summed E-state index contributed by atoms with van der Waals surface area (Å²) in [5.41, 5.74) is 0.377. The highest BCUT2D eigenvalue weighted by Gasteiger charge is 2.34. The number of likely N-dealkylation sites (tertiary alicyclic amines) is 1. The van der Waals surface area contributed by atoms with Crippen LogP contribution in [0.1, 0.15) is 45.5 Å². The third-order valence-corrected chi connectivity index (χ3v) is 5.15. The zero-order valence-corrected chi connectivity index (χ0v) is 16.8. The van der Waals surface area contributed by atoms with E-state index in [0.29, 0.717) is 23.5 Å². The van der Waals surface area contributed by atoms with Crippen molar-refractivity contribution in [3.63, 3.8) is 0 Å². The van der Waals surface area contributed by atoms with E-state index in [1.807, 2.05) is 6.07 Å². The lowest BCUT2D eigenvalue weighted by atomic mass is 10.1. The van der Waals surface area contributed by atoms with Gasteiger partial charge in [0.1, 0.15) is 0 Å². The van der Waals surface area contributed by atoms with E-state index in [2.05, 4.69) is 15.5 Å². The Morgan fingerprint density at radius 1 is 1.12 bits per heavy atom. The van der Waals surface area contributed by atoms with Crippen molar-refractivity contribution in [3.8, 4) is 0 Å². The SMILES string of the molecule is O=C(NCc1nc(C2CC(=O)N(Cc3ccc(C(F)(F)F)cc3)C2)no1)c1ccccc1. The maximum atomic E-state index is 12.7. The van der Waals surface area contributed by atoms with E-state index in [-0.39, 0.29) is 43.1 Å². The predicted octanol–water partition coefficient (Wildman–Crippen LogP) is 3.53. The van der Waals surface area contributed by atoms with Gasteiger partial charge in [0.05, 0.1) is 12.1 Å². The maximum absolute atomic E-state index is 12.7. The van der Waals surface area contributed by atoms with E-state index >= 15 is 0 Å². The average Bonchev–Trinajstić information content (AvgIpc) is 3.39. The molecule has 0 radical (unpaired) electrons. The number of hydrogen-bond donors (Lipinski definition) is 1. The van der Waals surface area contributed by atoms with Crippen molar-refractivity contribution in [3.05, 3.63) is 83.0 Å². The lowest BCUT2D eigenvalue weighted by Crippen LogP contribution is -2.24. The van der Waals surface area contributed by atoms with Crippen molar-refractivity contribution in [2.24, 2.45) is 0 Å². The van der Waals surface area contributed by atoms with Gasteiger partial charge in [-0.25, -0.2) is 0 Å². The van der Waals surface area contributed by atoms with E-state index in [4.69, 9.17) is 4.52 Å². The molecule has 166 valence electrons. The summed E-state index contributed by atoms with van der Waals surface area (Å²) in [6, 6.07) is 13.4. The number of carbonyl (C=O) groups excluding carboxylic acids is 2. The van der Waals surface area contributed by atoms with Crippen LogP contribution in [0.3, 0.4) is 0 Å². The third-order valence-electron chi connectivity index (χ3n) is 5.15. The standard InChI is InChI=1S/C22H19F3N4O3/c23-22(24,25)17-8-6-14(7-9-17)12-29-13-16(10-19(29)30)20-27-18(32-28-20)11-26-21(31)15-4-2-1-3-5-15/h1-9,16H,10-13H2,(H,26,31). The van der Waals surface area contributed by atoms with Crippen LogP contribution >= 0.6 is 0 Å². The van der Waals surface area contributed by atoms with Gasteiger partial charge in [-0.2, -0.15) is 18.2 Å². The van der Waals surface area contributed by atoms with E-state index < -0.39 is 11.7 Å². The highest BCUT2D eigenvalue weighted by Crippen LogP contribution is 2.30. The number of alkyl halides is 3. The molecule has 2 amide bonds. The molecule has 1 aliphatic heterocycles. The summed E-state index contributed by atoms with van der Waals surface area (Å²) in [5, 5.41) is 6.61. The van der Waals surface area contributed by atoms with E-state index in [9.17, 15) is 22.8 Å². The summed E-state index contributed by atoms with van der Waals surface area (Å²) in [5.74, 6) is -0.128. The van der Waals surface area contributed by atoms with Crippen LogP contribution in [-0.2, 0) is 24.1 Å². The summed E-state index contributed by atoms with van der Waals surface area (Å²) in [6.45, 7) is 0.581. The second-order valence-corrected chi connectivity index (χ2v) is 7.47. The third kappa shape index (κ3) is 4.96. The first-order valence-corrected chi connectivity index (χ1v) is 9.89. The van der Waals surface area contributed by atoms with Crippen molar-refractivity contribution in [2.45, 2.75) is 31.6 Å². The molecule has 1 aliphatic rings. The van der Waals surface area contributed by atoms with Crippen LogP contribution in [0.2, 0.25) is 0 Å². The smallest absolute Gasteiger partial charge is 0.343 e. The van der Waals surface area contributed by atoms with Crippen LogP contribution in [-0.4, -0.2) is 33.4 Å². The van der Waals surface area contributed by atoms with Gasteiger partial charge in [0.2, 0.25) is 11.8 Å². The summed E-state index contributed by atoms with van der Waals surface area (Å²) >= 11 is 0. The van der Waals surface area contributed by atoms with Gasteiger partial charge in [0.25, 0.3) is 5.91 Å². The quantitative estimate of drug-likeness (QED) is 0.629. The molecule has 10 heteroatoms. The second kappa shape index (κ2) is 8.81. The van der Waals surface area contributed by atoms with E-state index in [1.54, 1.807) is 29.2 Å². The number of rotatable bonds is 6. The molecule has 2 aromatic carbocycles. The molecule has 1 saturated heterocycles. The summed E-state index contributed by atoms with van der Waals surface area (Å²) < 4.78 is 43.3. The zero-order valence-electron chi connectivity index (χ0n) is 16.8. The molecule has 1 fully saturated rings. The Morgan fingerprint density at radius 2 is 1.84 bits per heavy atom. The molecular formula is C22H19F3N4O3. The predicted molar refractivity (Wildman–Crippen MR) is 106 cm³/mol. The van der Waals surface area contributed by atoms with Gasteiger partial charge in [-0.1, -0.05) is 35.5 Å². The number of amides is 2. The fourth-order valence-electron chi connectivity index (χ4n) is 3.47. The van der Waals surface area contributed by atoms with Crippen molar-refractivity contribution in [1.29, 1.82) is 0 Å². The van der Waals surface area contributed by atoms with Crippen molar-refractivity contribution < 1.29 is 27.3 Å². The Bertz CT molecular complexity index is 1100. The van der Waals surface area contributed by atoms with Crippen molar-refractivity contribution >= 4 is 11.8 Å². The van der Waals surface area contributed by atoms with E-state index in [0.717, 1.165) is 12.1 Å². The summed E-state index contributed by atoms with van der Waals surface area (Å²) in [6.07, 6.45) is -4.22. The molecule has 0 aliphatic carbocycles. The number of nitrogens with one attached hydrogen (secondary N) is 1. The van der Waals surface area contributed by atoms with Crippen molar-refractivity contribution in [1.82, 2.24) is 20.4 Å². The molecule has 1 aromatic heterocycles. The highest BCUT2D eigenvalue weighted by atomic mass is 19.4. The van der Waals surface area contributed by atoms with Crippen LogP contribution in [0.4, 0.5) is 13.2 Å². The molecule has 1 unspecified atom stereocenters. The van der Waals surface area contributed by atoms with Gasteiger partial charge in [-0.05, 0) is 29.8 Å². The fourth-order valence-corrected chi connectivity index (χ4v) is 3.47. The zero-order chi connectivity index (χ0) is 22.7. The van der Waals surface area contributed by atoms with Gasteiger partial charge in [-0.15, -0.1) is 0 Å². The molecule has 32 heavy (non-hydrogen) atoms. The van der Waals surface area contributed by atoms with Crippen LogP contribution in [0.15, 0.2) is 59.1 Å². The molecule has 0 spiro atoms. The molecule has 3 aromatic rings. The summed E-state index contributed by atoms with van der Waals surface area (Å²) in [7, 11) is 0. The van der Waals surface area contributed by atoms with Crippen LogP contribution in [0.5, 0.6) is 0 Å². The fraction of sp³-hybridized carbons (Fsp3) is 0.273.